The maximum atomic E-state index is 14.2. The Kier molecular flexibility index (Phi) is 21.0. The van der Waals surface area contributed by atoms with Gasteiger partial charge in [0.15, 0.2) is 5.78 Å². The summed E-state index contributed by atoms with van der Waals surface area (Å²) in [5, 5.41) is 5.44. The molecule has 2 fully saturated rings. The molecule has 2 unspecified atom stereocenters. The zero-order valence-electron chi connectivity index (χ0n) is 49.5. The third-order valence-corrected chi connectivity index (χ3v) is 14.5. The van der Waals surface area contributed by atoms with Crippen LogP contribution < -0.4 is 36.0 Å². The number of fused-ring (bicyclic) bond motifs is 2. The fourth-order valence-electron chi connectivity index (χ4n) is 10.8. The molecule has 0 aliphatic carbocycles. The van der Waals surface area contributed by atoms with Gasteiger partial charge in [0.25, 0.3) is 0 Å². The van der Waals surface area contributed by atoms with E-state index in [1.807, 2.05) is 94.4 Å². The molecular weight excluding hydrogens is 1030 g/mol. The van der Waals surface area contributed by atoms with Gasteiger partial charge in [-0.1, -0.05) is 64.1 Å². The van der Waals surface area contributed by atoms with Crippen LogP contribution in [0.4, 0.5) is 31.9 Å². The van der Waals surface area contributed by atoms with Crippen LogP contribution in [0.5, 0.6) is 0 Å². The fraction of sp³-hybridized carbons (Fsp3) is 0.516. The van der Waals surface area contributed by atoms with Gasteiger partial charge in [0.05, 0.1) is 67.8 Å². The lowest BCUT2D eigenvalue weighted by Gasteiger charge is -2.37. The number of carbonyl (C=O) groups is 8. The lowest BCUT2D eigenvalue weighted by Crippen LogP contribution is -2.58. The third-order valence-electron chi connectivity index (χ3n) is 14.5. The Labute approximate surface area is 477 Å². The highest BCUT2D eigenvalue weighted by molar-refractivity contribution is 6.09. The second kappa shape index (κ2) is 27.8. The van der Waals surface area contributed by atoms with E-state index in [0.717, 1.165) is 41.0 Å². The van der Waals surface area contributed by atoms with Crippen LogP contribution in [0.2, 0.25) is 0 Å². The molecule has 4 aliphatic heterocycles. The van der Waals surface area contributed by atoms with Crippen molar-refractivity contribution in [2.45, 2.75) is 163 Å². The van der Waals surface area contributed by atoms with E-state index in [0.29, 0.717) is 74.6 Å². The molecule has 19 heteroatoms. The molecule has 4 atom stereocenters. The second-order valence-corrected chi connectivity index (χ2v) is 23.6. The van der Waals surface area contributed by atoms with Crippen molar-refractivity contribution in [3.8, 4) is 0 Å². The standard InChI is InChI=1S/C35H47N5O6.C26H32N4O3.CH3F/c1-22(2)18-26(37-32(44)35(6,7)38-33(45)46-34(3,4)5)28(41)20-24-19-23-12-10-14-27(39-17-11-15-29(39)42)30(23)40(31(24)43)21-25-13-8-9-16-36-25;1-17(2)13-21(27)23(31)15-19-14-18-7-5-9-22(29-12-6-10-24(29)32)25(18)30(26(19)33)16-20-8-3-4-11-28-20;1-2/h8-10,12-14,16,22,24,26H,11,15,17-21H2,1-7H3,(H,37,44)(H,38,45);3-5,7-9,11,17,19,21H,6,10,12-16,27H2,1-2H3;1H3/t24?,26-;19?,21-;/m11./s1/i;;1D. The number of Topliss-reactive ketones (excluding diaryl/α,β-unsaturated/α-hetero) is 2. The molecule has 6 heterocycles. The molecule has 2 saturated heterocycles. The third kappa shape index (κ3) is 16.4. The molecule has 0 spiro atoms. The quantitative estimate of drug-likeness (QED) is 0.0801. The predicted molar refractivity (Wildman–Crippen MR) is 310 cm³/mol. The number of ketones is 2. The largest absolute Gasteiger partial charge is 0.444 e. The first-order chi connectivity index (χ1) is 38.8. The van der Waals surface area contributed by atoms with Gasteiger partial charge >= 0.3 is 6.09 Å². The number of pyridine rings is 2. The normalized spacial score (nSPS) is 18.0. The Morgan fingerprint density at radius 3 is 1.54 bits per heavy atom. The van der Waals surface area contributed by atoms with Crippen LogP contribution in [0, 0.1) is 23.7 Å². The number of amides is 6. The van der Waals surface area contributed by atoms with Gasteiger partial charge < -0.3 is 40.7 Å². The molecule has 4 N–H and O–H groups in total. The monoisotopic (exact) mass is 1120 g/mol. The van der Waals surface area contributed by atoms with Crippen LogP contribution in [0.1, 0.15) is 138 Å². The summed E-state index contributed by atoms with van der Waals surface area (Å²) in [6, 6.07) is 21.2. The number of carbonyl (C=O) groups excluding carboxylic acids is 8. The minimum Gasteiger partial charge on any atom is -0.444 e. The van der Waals surface area contributed by atoms with Gasteiger partial charge in [-0.05, 0) is 133 Å². The van der Waals surface area contributed by atoms with Crippen molar-refractivity contribution >= 4 is 69.9 Å². The van der Waals surface area contributed by atoms with Gasteiger partial charge in [-0.15, -0.1) is 0 Å². The number of anilines is 4. The Morgan fingerprint density at radius 1 is 0.691 bits per heavy atom. The number of benzene rings is 2. The topological polar surface area (TPSA) is 235 Å². The van der Waals surface area contributed by atoms with Crippen molar-refractivity contribution in [3.05, 3.63) is 108 Å². The van der Waals surface area contributed by atoms with Crippen molar-refractivity contribution in [3.63, 3.8) is 0 Å². The summed E-state index contributed by atoms with van der Waals surface area (Å²) in [7, 11) is -1.00. The van der Waals surface area contributed by atoms with Crippen LogP contribution in [0.3, 0.4) is 0 Å². The van der Waals surface area contributed by atoms with Gasteiger partial charge in [0, 0.05) is 63.0 Å². The SMILES string of the molecule is CC(C)C[C@@H](N)C(=O)CC1Cc2cccc(N3CCCC3=O)c2N(Cc2ccccn2)C1=O.CC(C)C[C@@H](NC(=O)C(C)(C)NC(=O)OC(C)(C)C)C(=O)CC1Cc2cccc(N3CCCC3=O)c2N(Cc2ccccn2)C1=O.[2H]CF. The van der Waals surface area contributed by atoms with E-state index in [2.05, 4.69) is 20.6 Å². The number of aromatic nitrogens is 2. The number of hydrogen-bond acceptors (Lipinski definition) is 12. The smallest absolute Gasteiger partial charge is 0.408 e. The molecule has 2 aromatic heterocycles. The number of alkyl carbamates (subject to hydrolysis) is 1. The average molecular weight is 1120 g/mol. The van der Waals surface area contributed by atoms with E-state index in [9.17, 15) is 42.7 Å². The van der Waals surface area contributed by atoms with E-state index in [1.54, 1.807) is 72.7 Å². The molecule has 0 radical (unpaired) electrons. The summed E-state index contributed by atoms with van der Waals surface area (Å²) >= 11 is 0. The maximum absolute atomic E-state index is 14.2. The first-order valence-electron chi connectivity index (χ1n) is 28.8. The van der Waals surface area contributed by atoms with Crippen LogP contribution >= 0.6 is 0 Å². The van der Waals surface area contributed by atoms with Crippen LogP contribution in [0.15, 0.2) is 85.2 Å². The zero-order valence-corrected chi connectivity index (χ0v) is 48.5. The van der Waals surface area contributed by atoms with Gasteiger partial charge in [-0.2, -0.15) is 0 Å². The van der Waals surface area contributed by atoms with Crippen molar-refractivity contribution in [1.29, 1.82) is 0 Å². The summed E-state index contributed by atoms with van der Waals surface area (Å²) in [5.74, 6) is -1.89. The van der Waals surface area contributed by atoms with E-state index in [1.165, 1.54) is 0 Å². The van der Waals surface area contributed by atoms with Crippen molar-refractivity contribution < 1.29 is 48.9 Å². The van der Waals surface area contributed by atoms with Crippen molar-refractivity contribution in [2.24, 2.45) is 29.4 Å². The summed E-state index contributed by atoms with van der Waals surface area (Å²) in [6.45, 7) is 17.9. The fourth-order valence-corrected chi connectivity index (χ4v) is 10.8. The summed E-state index contributed by atoms with van der Waals surface area (Å²) in [5.41, 5.74) is 10.2. The second-order valence-electron chi connectivity index (χ2n) is 23.6. The average Bonchev–Trinajstić information content (AvgIpc) is 2.34. The number of nitrogens with one attached hydrogen (secondary N) is 2. The Morgan fingerprint density at radius 2 is 1.15 bits per heavy atom. The van der Waals surface area contributed by atoms with Gasteiger partial charge in [0.2, 0.25) is 29.5 Å². The summed E-state index contributed by atoms with van der Waals surface area (Å²) in [4.78, 5) is 122. The van der Waals surface area contributed by atoms with Crippen LogP contribution in [-0.4, -0.2) is 101 Å². The molecular formula is C62H82FN9O9. The number of nitrogens with two attached hydrogens (primary N) is 1. The Bertz CT molecular complexity index is 2920. The number of nitrogens with zero attached hydrogens (tertiary/aromatic N) is 6. The van der Waals surface area contributed by atoms with Gasteiger partial charge in [0.1, 0.15) is 16.9 Å². The highest BCUT2D eigenvalue weighted by Gasteiger charge is 2.42. The summed E-state index contributed by atoms with van der Waals surface area (Å²) in [6.07, 6.45) is 6.96. The number of rotatable bonds is 19. The number of halogens is 1. The van der Waals surface area contributed by atoms with E-state index in [4.69, 9.17) is 11.8 Å². The molecule has 2 aromatic carbocycles. The molecule has 4 aromatic rings. The predicted octanol–water partition coefficient (Wildman–Crippen LogP) is 8.54. The number of alkyl halides is 1. The summed E-state index contributed by atoms with van der Waals surface area (Å²) < 4.78 is 20.8. The molecule has 6 amide bonds. The molecule has 18 nitrogen and oxygen atoms in total. The van der Waals surface area contributed by atoms with E-state index < -0.39 is 54.2 Å². The maximum Gasteiger partial charge on any atom is 0.408 e. The zero-order chi connectivity index (χ0) is 60.1. The Hall–Kier alpha value is -7.41. The van der Waals surface area contributed by atoms with Gasteiger partial charge in [-0.25, -0.2) is 4.79 Å². The molecule has 8 rings (SSSR count). The minimum absolute atomic E-state index is 0.0206. The highest BCUT2D eigenvalue weighted by Crippen LogP contribution is 2.44. The van der Waals surface area contributed by atoms with Crippen molar-refractivity contribution in [2.75, 3.05) is 39.8 Å². The molecule has 0 bridgehead atoms. The molecule has 0 saturated carbocycles. The Balaban J connectivity index is 0.000000264. The van der Waals surface area contributed by atoms with E-state index >= 15 is 0 Å². The highest BCUT2D eigenvalue weighted by atomic mass is 19.1. The first kappa shape index (κ1) is 61.2. The molecule has 436 valence electrons. The van der Waals surface area contributed by atoms with Crippen LogP contribution in [-0.2, 0) is 64.2 Å². The van der Waals surface area contributed by atoms with Gasteiger partial charge in [-0.3, -0.25) is 47.9 Å². The van der Waals surface area contributed by atoms with E-state index in [-0.39, 0.29) is 67.0 Å². The molecule has 4 aliphatic rings. The van der Waals surface area contributed by atoms with Crippen LogP contribution in [0.25, 0.3) is 0 Å². The molecule has 81 heavy (non-hydrogen) atoms. The number of para-hydroxylation sites is 2. The lowest BCUT2D eigenvalue weighted by atomic mass is 9.84. The number of hydrogen-bond donors (Lipinski definition) is 3. The van der Waals surface area contributed by atoms with Crippen molar-refractivity contribution in [1.82, 2.24) is 20.6 Å². The number of ether oxygens (including phenoxy) is 1. The lowest BCUT2D eigenvalue weighted by molar-refractivity contribution is -0.133. The minimum atomic E-state index is -1.36. The first-order valence-corrected chi connectivity index (χ1v) is 28.1.